The number of carbonyl (C=O) groups is 1. The highest BCUT2D eigenvalue weighted by Gasteiger charge is 2.15. The third-order valence-electron chi connectivity index (χ3n) is 2.00. The predicted molar refractivity (Wildman–Crippen MR) is 50.5 cm³/mol. The predicted octanol–water partition coefficient (Wildman–Crippen LogP) is 0.507. The van der Waals surface area contributed by atoms with Gasteiger partial charge >= 0.3 is 0 Å². The third-order valence-corrected chi connectivity index (χ3v) is 2.00. The zero-order valence-electron chi connectivity index (χ0n) is 8.21. The van der Waals surface area contributed by atoms with E-state index in [9.17, 15) is 4.79 Å². The number of nitrogens with zero attached hydrogens (tertiary/aromatic N) is 1. The van der Waals surface area contributed by atoms with Crippen molar-refractivity contribution in [2.24, 2.45) is 16.8 Å². The molecule has 0 bridgehead atoms. The maximum Gasteiger partial charge on any atom is 0.216 e. The molecule has 1 amide bonds. The zero-order chi connectivity index (χ0) is 10.3. The molecule has 0 aliphatic rings. The number of hydrogen-bond acceptors (Lipinski definition) is 4. The molecule has 0 aromatic carbocycles. The second kappa shape index (κ2) is 6.54. The average Bonchev–Trinajstić information content (AvgIpc) is 2.05. The van der Waals surface area contributed by atoms with Crippen LogP contribution < -0.4 is 11.1 Å². The van der Waals surface area contributed by atoms with E-state index in [0.29, 0.717) is 13.1 Å². The van der Waals surface area contributed by atoms with Crippen molar-refractivity contribution in [2.75, 3.05) is 13.1 Å². The molecule has 0 saturated heterocycles. The standard InChI is InChI=1S/C8H18N4O/c1-6(3-4-9)8(12-10)5-11-7(2)13/h6,8,10H,3-5,9H2,1-2H3,(H,11,13)/t6?,8-/m0/s1. The lowest BCUT2D eigenvalue weighted by atomic mass is 9.99. The molecule has 2 atom stereocenters. The van der Waals surface area contributed by atoms with Crippen molar-refractivity contribution in [1.82, 2.24) is 5.32 Å². The van der Waals surface area contributed by atoms with Gasteiger partial charge in [-0.3, -0.25) is 4.79 Å². The van der Waals surface area contributed by atoms with Gasteiger partial charge in [-0.15, -0.1) is 0 Å². The molecule has 1 unspecified atom stereocenters. The van der Waals surface area contributed by atoms with Gasteiger partial charge in [0.05, 0.1) is 6.04 Å². The van der Waals surface area contributed by atoms with Crippen LogP contribution in [0.4, 0.5) is 0 Å². The Kier molecular flexibility index (Phi) is 6.05. The highest BCUT2D eigenvalue weighted by atomic mass is 16.1. The molecule has 0 spiro atoms. The van der Waals surface area contributed by atoms with Crippen molar-refractivity contribution in [3.8, 4) is 0 Å². The largest absolute Gasteiger partial charge is 0.354 e. The van der Waals surface area contributed by atoms with Crippen molar-refractivity contribution < 1.29 is 4.79 Å². The van der Waals surface area contributed by atoms with Crippen LogP contribution in [0.3, 0.4) is 0 Å². The van der Waals surface area contributed by atoms with E-state index in [2.05, 4.69) is 10.4 Å². The van der Waals surface area contributed by atoms with Crippen LogP contribution in [0.25, 0.3) is 0 Å². The Morgan fingerprint density at radius 1 is 1.69 bits per heavy atom. The van der Waals surface area contributed by atoms with Crippen molar-refractivity contribution >= 4 is 5.91 Å². The minimum atomic E-state index is -0.146. The van der Waals surface area contributed by atoms with Crippen LogP contribution in [0.2, 0.25) is 0 Å². The number of amides is 1. The van der Waals surface area contributed by atoms with E-state index in [1.54, 1.807) is 0 Å². The summed E-state index contributed by atoms with van der Waals surface area (Å²) in [5, 5.41) is 6.10. The summed E-state index contributed by atoms with van der Waals surface area (Å²) in [5.74, 6) is 0.156. The van der Waals surface area contributed by atoms with Crippen LogP contribution in [-0.2, 0) is 4.79 Å². The van der Waals surface area contributed by atoms with Gasteiger partial charge in [-0.1, -0.05) is 6.92 Å². The van der Waals surface area contributed by atoms with Gasteiger partial charge in [-0.05, 0) is 18.9 Å². The first-order chi connectivity index (χ1) is 6.11. The maximum atomic E-state index is 10.6. The number of nitrogens with two attached hydrogens (primary N) is 1. The Bertz CT molecular complexity index is 172. The number of carbonyl (C=O) groups excluding carboxylic acids is 1. The first-order valence-corrected chi connectivity index (χ1v) is 4.42. The van der Waals surface area contributed by atoms with Crippen molar-refractivity contribution in [3.63, 3.8) is 0 Å². The van der Waals surface area contributed by atoms with Gasteiger partial charge in [-0.2, -0.15) is 5.11 Å². The molecule has 5 heteroatoms. The molecule has 0 aromatic heterocycles. The quantitative estimate of drug-likeness (QED) is 0.527. The molecule has 0 rings (SSSR count). The minimum absolute atomic E-state index is 0.0893. The normalized spacial score (nSPS) is 14.7. The van der Waals surface area contributed by atoms with Gasteiger partial charge in [0, 0.05) is 13.5 Å². The van der Waals surface area contributed by atoms with Gasteiger partial charge < -0.3 is 11.1 Å². The lowest BCUT2D eigenvalue weighted by molar-refractivity contribution is -0.119. The Morgan fingerprint density at radius 3 is 2.69 bits per heavy atom. The molecule has 0 fully saturated rings. The summed E-state index contributed by atoms with van der Waals surface area (Å²) in [6.07, 6.45) is 0.826. The first kappa shape index (κ1) is 12.0. The fourth-order valence-corrected chi connectivity index (χ4v) is 1.08. The summed E-state index contributed by atoms with van der Waals surface area (Å²) < 4.78 is 0. The van der Waals surface area contributed by atoms with E-state index < -0.39 is 0 Å². The highest BCUT2D eigenvalue weighted by molar-refractivity contribution is 5.72. The van der Waals surface area contributed by atoms with Crippen LogP contribution in [0.5, 0.6) is 0 Å². The van der Waals surface area contributed by atoms with E-state index in [1.165, 1.54) is 6.92 Å². The molecule has 4 N–H and O–H groups in total. The van der Waals surface area contributed by atoms with Crippen molar-refractivity contribution in [3.05, 3.63) is 0 Å². The topological polar surface area (TPSA) is 91.3 Å². The lowest BCUT2D eigenvalue weighted by Crippen LogP contribution is -2.33. The van der Waals surface area contributed by atoms with Crippen LogP contribution in [0.15, 0.2) is 5.11 Å². The van der Waals surface area contributed by atoms with Gasteiger partial charge in [0.15, 0.2) is 0 Å². The molecule has 0 saturated carbocycles. The third kappa shape index (κ3) is 5.30. The number of hydrogen-bond donors (Lipinski definition) is 3. The van der Waals surface area contributed by atoms with E-state index in [4.69, 9.17) is 11.3 Å². The van der Waals surface area contributed by atoms with Gasteiger partial charge in [0.25, 0.3) is 0 Å². The molecule has 13 heavy (non-hydrogen) atoms. The van der Waals surface area contributed by atoms with Crippen LogP contribution in [0.1, 0.15) is 20.3 Å². The molecular formula is C8H18N4O. The average molecular weight is 186 g/mol. The molecule has 0 aliphatic heterocycles. The second-order valence-corrected chi connectivity index (χ2v) is 3.19. The van der Waals surface area contributed by atoms with Crippen molar-refractivity contribution in [2.45, 2.75) is 26.3 Å². The van der Waals surface area contributed by atoms with Gasteiger partial charge in [0.1, 0.15) is 0 Å². The van der Waals surface area contributed by atoms with Crippen molar-refractivity contribution in [1.29, 1.82) is 5.53 Å². The molecular weight excluding hydrogens is 168 g/mol. The van der Waals surface area contributed by atoms with Gasteiger partial charge in [-0.25, -0.2) is 5.53 Å². The molecule has 76 valence electrons. The molecule has 0 aromatic rings. The summed E-state index contributed by atoms with van der Waals surface area (Å²) >= 11 is 0. The Balaban J connectivity index is 3.86. The summed E-state index contributed by atoms with van der Waals surface area (Å²) in [4.78, 5) is 10.6. The number of nitrogens with one attached hydrogen (secondary N) is 2. The minimum Gasteiger partial charge on any atom is -0.354 e. The van der Waals surface area contributed by atoms with Gasteiger partial charge in [0.2, 0.25) is 5.91 Å². The first-order valence-electron chi connectivity index (χ1n) is 4.42. The molecule has 0 radical (unpaired) electrons. The summed E-state index contributed by atoms with van der Waals surface area (Å²) in [7, 11) is 0. The fraction of sp³-hybridized carbons (Fsp3) is 0.875. The fourth-order valence-electron chi connectivity index (χ4n) is 1.08. The monoisotopic (exact) mass is 186 g/mol. The molecule has 0 heterocycles. The Morgan fingerprint density at radius 2 is 2.31 bits per heavy atom. The molecule has 5 nitrogen and oxygen atoms in total. The summed E-state index contributed by atoms with van der Waals surface area (Å²) in [6.45, 7) is 4.46. The van der Waals surface area contributed by atoms with E-state index in [1.807, 2.05) is 6.92 Å². The Labute approximate surface area is 78.6 Å². The van der Waals surface area contributed by atoms with E-state index in [-0.39, 0.29) is 17.9 Å². The summed E-state index contributed by atoms with van der Waals surface area (Å²) in [6, 6.07) is -0.146. The van der Waals surface area contributed by atoms with E-state index >= 15 is 0 Å². The van der Waals surface area contributed by atoms with Crippen LogP contribution in [-0.4, -0.2) is 25.0 Å². The second-order valence-electron chi connectivity index (χ2n) is 3.19. The van der Waals surface area contributed by atoms with Crippen LogP contribution in [0, 0.1) is 11.4 Å². The number of rotatable bonds is 6. The molecule has 0 aliphatic carbocycles. The Hall–Kier alpha value is -0.970. The lowest BCUT2D eigenvalue weighted by Gasteiger charge is -2.17. The van der Waals surface area contributed by atoms with E-state index in [0.717, 1.165) is 6.42 Å². The SMILES string of the molecule is CC(=O)NC[C@H](N=N)C(C)CCN. The highest BCUT2D eigenvalue weighted by Crippen LogP contribution is 2.09. The summed E-state index contributed by atoms with van der Waals surface area (Å²) in [5.41, 5.74) is 12.3. The smallest absolute Gasteiger partial charge is 0.216 e. The maximum absolute atomic E-state index is 10.6. The zero-order valence-corrected chi connectivity index (χ0v) is 8.21. The van der Waals surface area contributed by atoms with Crippen LogP contribution >= 0.6 is 0 Å².